The first-order chi connectivity index (χ1) is 14.9. The van der Waals surface area contributed by atoms with Crippen molar-refractivity contribution in [3.05, 3.63) is 93.0 Å². The Morgan fingerprint density at radius 3 is 2.26 bits per heavy atom. The Labute approximate surface area is 183 Å². The Kier molecular flexibility index (Phi) is 5.53. The van der Waals surface area contributed by atoms with Crippen LogP contribution in [0.15, 0.2) is 69.9 Å². The van der Waals surface area contributed by atoms with Crippen LogP contribution in [0.5, 0.6) is 11.5 Å². The Balaban J connectivity index is 1.93. The van der Waals surface area contributed by atoms with Gasteiger partial charge >= 0.3 is 5.97 Å². The second-order valence-corrected chi connectivity index (χ2v) is 7.44. The molecule has 0 aliphatic rings. The number of hydrogen-bond acceptors (Lipinski definition) is 5. The van der Waals surface area contributed by atoms with Gasteiger partial charge in [-0.1, -0.05) is 35.9 Å². The third-order valence-corrected chi connectivity index (χ3v) is 5.38. The van der Waals surface area contributed by atoms with E-state index < -0.39 is 5.97 Å². The van der Waals surface area contributed by atoms with Gasteiger partial charge in [0.05, 0.1) is 28.5 Å². The van der Waals surface area contributed by atoms with Crippen molar-refractivity contribution in [2.24, 2.45) is 0 Å². The molecule has 1 aromatic heterocycles. The van der Waals surface area contributed by atoms with Gasteiger partial charge in [-0.15, -0.1) is 0 Å². The molecule has 0 saturated carbocycles. The number of furan rings is 1. The van der Waals surface area contributed by atoms with Crippen LogP contribution in [-0.2, 0) is 0 Å². The van der Waals surface area contributed by atoms with Gasteiger partial charge in [-0.3, -0.25) is 4.79 Å². The molecule has 0 aliphatic heterocycles. The summed E-state index contributed by atoms with van der Waals surface area (Å²) in [5.74, 6) is 1.25. The van der Waals surface area contributed by atoms with Crippen LogP contribution in [0.1, 0.15) is 21.9 Å². The largest absolute Gasteiger partial charge is 0.497 e. The lowest BCUT2D eigenvalue weighted by Gasteiger charge is -2.07. The molecular formula is C25H19ClO5. The number of fused-ring (bicyclic) bond motifs is 1. The van der Waals surface area contributed by atoms with Crippen LogP contribution in [0.4, 0.5) is 0 Å². The molecule has 31 heavy (non-hydrogen) atoms. The molecule has 0 radical (unpaired) electrons. The molecule has 0 saturated heterocycles. The van der Waals surface area contributed by atoms with Crippen LogP contribution in [0.25, 0.3) is 21.9 Å². The zero-order valence-electron chi connectivity index (χ0n) is 17.2. The van der Waals surface area contributed by atoms with Crippen LogP contribution in [-0.4, -0.2) is 13.1 Å². The van der Waals surface area contributed by atoms with E-state index in [9.17, 15) is 9.59 Å². The third kappa shape index (κ3) is 3.92. The molecular weight excluding hydrogens is 416 g/mol. The normalized spacial score (nSPS) is 10.8. The number of esters is 1. The molecule has 0 atom stereocenters. The Bertz CT molecular complexity index is 1350. The Morgan fingerprint density at radius 2 is 1.58 bits per heavy atom. The molecule has 0 N–H and O–H groups in total. The highest BCUT2D eigenvalue weighted by Gasteiger charge is 2.20. The molecule has 0 amide bonds. The summed E-state index contributed by atoms with van der Waals surface area (Å²) in [4.78, 5) is 25.9. The van der Waals surface area contributed by atoms with E-state index in [4.69, 9.17) is 25.5 Å². The van der Waals surface area contributed by atoms with E-state index in [-0.39, 0.29) is 21.8 Å². The first-order valence-electron chi connectivity index (χ1n) is 9.58. The van der Waals surface area contributed by atoms with Gasteiger partial charge < -0.3 is 13.9 Å². The van der Waals surface area contributed by atoms with Crippen LogP contribution in [0.2, 0.25) is 5.02 Å². The standard InChI is InChI=1S/C25H19ClO5/c1-14-23-21(27)12-17(16-8-10-18(29-3)11-9-16)13-22(24(23)15(2)30-14)31-25(28)19-6-4-5-7-20(19)26/h4-13H,1-3H3. The minimum atomic E-state index is -0.621. The summed E-state index contributed by atoms with van der Waals surface area (Å²) in [6.07, 6.45) is 0. The van der Waals surface area contributed by atoms with E-state index in [2.05, 4.69) is 0 Å². The summed E-state index contributed by atoms with van der Waals surface area (Å²) in [6, 6.07) is 17.1. The van der Waals surface area contributed by atoms with E-state index in [1.807, 2.05) is 12.1 Å². The lowest BCUT2D eigenvalue weighted by Crippen LogP contribution is -2.09. The maximum absolute atomic E-state index is 13.0. The van der Waals surface area contributed by atoms with Gasteiger partial charge in [0.15, 0.2) is 5.43 Å². The highest BCUT2D eigenvalue weighted by atomic mass is 35.5. The lowest BCUT2D eigenvalue weighted by molar-refractivity contribution is 0.0737. The van der Waals surface area contributed by atoms with Gasteiger partial charge in [0.1, 0.15) is 23.0 Å². The number of aryl methyl sites for hydroxylation is 2. The highest BCUT2D eigenvalue weighted by molar-refractivity contribution is 6.33. The van der Waals surface area contributed by atoms with Crippen molar-refractivity contribution in [2.75, 3.05) is 7.11 Å². The van der Waals surface area contributed by atoms with Crippen molar-refractivity contribution >= 4 is 28.3 Å². The van der Waals surface area contributed by atoms with Crippen LogP contribution >= 0.6 is 11.6 Å². The zero-order valence-corrected chi connectivity index (χ0v) is 17.9. The minimum absolute atomic E-state index is 0.224. The molecule has 0 spiro atoms. The number of halogens is 1. The summed E-state index contributed by atoms with van der Waals surface area (Å²) in [5, 5.41) is 1.12. The quantitative estimate of drug-likeness (QED) is 0.371. The second-order valence-electron chi connectivity index (χ2n) is 7.03. The summed E-state index contributed by atoms with van der Waals surface area (Å²) in [7, 11) is 1.58. The van der Waals surface area contributed by atoms with Crippen molar-refractivity contribution in [1.82, 2.24) is 0 Å². The van der Waals surface area contributed by atoms with Gasteiger partial charge in [0.2, 0.25) is 0 Å². The number of methoxy groups -OCH3 is 1. The lowest BCUT2D eigenvalue weighted by atomic mass is 10.1. The first-order valence-corrected chi connectivity index (χ1v) is 9.96. The molecule has 0 bridgehead atoms. The van der Waals surface area contributed by atoms with Crippen molar-refractivity contribution in [3.63, 3.8) is 0 Å². The van der Waals surface area contributed by atoms with E-state index in [0.717, 1.165) is 5.56 Å². The highest BCUT2D eigenvalue weighted by Crippen LogP contribution is 2.34. The summed E-state index contributed by atoms with van der Waals surface area (Å²) in [5.41, 5.74) is 1.38. The van der Waals surface area contributed by atoms with Crippen LogP contribution in [0.3, 0.4) is 0 Å². The fourth-order valence-corrected chi connectivity index (χ4v) is 3.77. The number of benzene rings is 2. The van der Waals surface area contributed by atoms with Gasteiger partial charge in [-0.25, -0.2) is 4.79 Å². The Hall–Kier alpha value is -3.57. The molecule has 6 heteroatoms. The monoisotopic (exact) mass is 434 g/mol. The number of carbonyl (C=O) groups is 1. The van der Waals surface area contributed by atoms with E-state index >= 15 is 0 Å². The maximum Gasteiger partial charge on any atom is 0.345 e. The van der Waals surface area contributed by atoms with E-state index in [0.29, 0.717) is 33.6 Å². The van der Waals surface area contributed by atoms with Crippen LogP contribution in [0, 0.1) is 13.8 Å². The molecule has 4 rings (SSSR count). The molecule has 156 valence electrons. The first kappa shape index (κ1) is 20.7. The molecule has 4 aromatic rings. The van der Waals surface area contributed by atoms with Crippen LogP contribution < -0.4 is 14.9 Å². The maximum atomic E-state index is 13.0. The molecule has 5 nitrogen and oxygen atoms in total. The SMILES string of the molecule is COc1ccc(-c2cc(OC(=O)c3ccccc3Cl)c3c(C)oc(C)c3c(=O)c2)cc1. The predicted octanol–water partition coefficient (Wildman–Crippen LogP) is 5.96. The topological polar surface area (TPSA) is 65.7 Å². The fraction of sp³-hybridized carbons (Fsp3) is 0.120. The number of rotatable bonds is 4. The van der Waals surface area contributed by atoms with Crippen molar-refractivity contribution in [3.8, 4) is 22.6 Å². The van der Waals surface area contributed by atoms with Crippen molar-refractivity contribution in [2.45, 2.75) is 13.8 Å². The molecule has 0 aliphatic carbocycles. The average molecular weight is 435 g/mol. The number of carbonyl (C=O) groups excluding carboxylic acids is 1. The fourth-order valence-electron chi connectivity index (χ4n) is 3.56. The van der Waals surface area contributed by atoms with Crippen molar-refractivity contribution in [1.29, 1.82) is 0 Å². The van der Waals surface area contributed by atoms with Crippen molar-refractivity contribution < 1.29 is 18.7 Å². The Morgan fingerprint density at radius 1 is 0.903 bits per heavy atom. The molecule has 0 unspecified atom stereocenters. The van der Waals surface area contributed by atoms with Gasteiger partial charge in [-0.2, -0.15) is 0 Å². The van der Waals surface area contributed by atoms with Gasteiger partial charge in [0.25, 0.3) is 0 Å². The van der Waals surface area contributed by atoms with Gasteiger partial charge in [0, 0.05) is 0 Å². The number of hydrogen-bond donors (Lipinski definition) is 0. The smallest absolute Gasteiger partial charge is 0.345 e. The molecule has 3 aromatic carbocycles. The molecule has 1 heterocycles. The summed E-state index contributed by atoms with van der Waals surface area (Å²) >= 11 is 6.16. The minimum Gasteiger partial charge on any atom is -0.497 e. The zero-order chi connectivity index (χ0) is 22.1. The number of ether oxygens (including phenoxy) is 2. The summed E-state index contributed by atoms with van der Waals surface area (Å²) in [6.45, 7) is 3.44. The van der Waals surface area contributed by atoms with E-state index in [1.54, 1.807) is 63.4 Å². The third-order valence-electron chi connectivity index (χ3n) is 5.05. The van der Waals surface area contributed by atoms with E-state index in [1.165, 1.54) is 6.07 Å². The average Bonchev–Trinajstić information content (AvgIpc) is 2.97. The van der Waals surface area contributed by atoms with Gasteiger partial charge in [-0.05, 0) is 61.4 Å². The second kappa shape index (κ2) is 8.28. The molecule has 0 fully saturated rings. The summed E-state index contributed by atoms with van der Waals surface area (Å²) < 4.78 is 16.7. The predicted molar refractivity (Wildman–Crippen MR) is 120 cm³/mol.